The summed E-state index contributed by atoms with van der Waals surface area (Å²) in [6.07, 6.45) is 10.1. The molecule has 0 radical (unpaired) electrons. The maximum absolute atomic E-state index is 2.43. The van der Waals surface area contributed by atoms with Gasteiger partial charge in [0.1, 0.15) is 0 Å². The number of unbranched alkanes of at least 4 members (excludes halogenated alkanes) is 4. The maximum atomic E-state index is 2.43. The normalized spacial score (nSPS) is 11.8. The van der Waals surface area contributed by atoms with Crippen molar-refractivity contribution in [2.24, 2.45) is 7.05 Å². The molecule has 0 saturated heterocycles. The molecule has 0 N–H and O–H groups in total. The van der Waals surface area contributed by atoms with E-state index < -0.39 is 0 Å². The summed E-state index contributed by atoms with van der Waals surface area (Å²) in [5, 5.41) is 30.4. The summed E-state index contributed by atoms with van der Waals surface area (Å²) < 4.78 is 14.3. The zero-order valence-electron chi connectivity index (χ0n) is 64.9. The second-order valence-corrected chi connectivity index (χ2v) is 38.7. The number of rotatable bonds is 11. The van der Waals surface area contributed by atoms with Gasteiger partial charge in [-0.1, -0.05) is 172 Å². The predicted molar refractivity (Wildman–Crippen MR) is 506 cm³/mol. The third kappa shape index (κ3) is 13.2. The Hall–Kier alpha value is -10.9. The van der Waals surface area contributed by atoms with Crippen molar-refractivity contribution in [3.05, 3.63) is 350 Å². The third-order valence-corrected chi connectivity index (χ3v) is 32.8. The molecule has 0 saturated carbocycles. The first-order valence-corrected chi connectivity index (χ1v) is 46.5. The Morgan fingerprint density at radius 3 is 1.08 bits per heavy atom. The van der Waals surface area contributed by atoms with Crippen LogP contribution in [0, 0.1) is 13.8 Å². The first-order chi connectivity index (χ1) is 56.2. The molecule has 0 amide bonds. The predicted octanol–water partition coefficient (Wildman–Crippen LogP) is 30.9. The van der Waals surface area contributed by atoms with Crippen molar-refractivity contribution >= 4 is 219 Å². The van der Waals surface area contributed by atoms with Gasteiger partial charge < -0.3 is 4.57 Å². The Kier molecular flexibility index (Phi) is 19.5. The van der Waals surface area contributed by atoms with Crippen LogP contribution < -0.4 is 0 Å². The fraction of sp³-hybridized carbons (Fsp3) is 0.119. The number of fused-ring (bicyclic) bond motifs is 27. The molecule has 5 heterocycles. The van der Waals surface area contributed by atoms with Gasteiger partial charge in [0, 0.05) is 48.8 Å². The molecular weight excluding hydrogens is 1590 g/mol. The van der Waals surface area contributed by atoms with Crippen LogP contribution in [0.15, 0.2) is 328 Å². The molecule has 0 fully saturated rings. The molecule has 1 nitrogen and oxygen atoms in total. The van der Waals surface area contributed by atoms with Crippen LogP contribution in [0.3, 0.4) is 0 Å². The van der Waals surface area contributed by atoms with Gasteiger partial charge in [0.25, 0.3) is 0 Å². The van der Waals surface area contributed by atoms with Crippen LogP contribution in [0.5, 0.6) is 0 Å². The fourth-order valence-electron chi connectivity index (χ4n) is 18.0. The fourth-order valence-corrected chi connectivity index (χ4v) is 27.4. The van der Waals surface area contributed by atoms with Crippen LogP contribution in [0.25, 0.3) is 198 Å². The minimum absolute atomic E-state index is 0.339. The number of benzene rings is 18. The Balaban J connectivity index is 0.000000101. The molecule has 0 spiro atoms. The number of thiophene rings is 1. The van der Waals surface area contributed by atoms with Crippen molar-refractivity contribution in [2.75, 3.05) is 0 Å². The zero-order chi connectivity index (χ0) is 76.5. The van der Waals surface area contributed by atoms with Gasteiger partial charge in [-0.15, -0.1) is 11.3 Å². The van der Waals surface area contributed by atoms with E-state index in [1.807, 2.05) is 11.3 Å². The average molecular weight is 1680 g/mol. The van der Waals surface area contributed by atoms with Gasteiger partial charge in [-0.25, -0.2) is 0 Å². The quantitative estimate of drug-likeness (QED) is 0.0898. The molecule has 5 aromatic heterocycles. The minimum atomic E-state index is 0.339. The van der Waals surface area contributed by atoms with E-state index in [4.69, 9.17) is 0 Å². The second kappa shape index (κ2) is 30.8. The molecular formula is C109H85NSSe3. The van der Waals surface area contributed by atoms with Crippen molar-refractivity contribution in [3.8, 4) is 33.4 Å². The summed E-state index contributed by atoms with van der Waals surface area (Å²) in [5.74, 6) is 0. The number of hydrogen-bond donors (Lipinski definition) is 0. The Morgan fingerprint density at radius 2 is 0.614 bits per heavy atom. The molecule has 0 atom stereocenters. The van der Waals surface area contributed by atoms with E-state index in [1.165, 1.54) is 263 Å². The van der Waals surface area contributed by atoms with Crippen molar-refractivity contribution in [1.82, 2.24) is 4.57 Å². The number of nitrogens with zero attached hydrogens (tertiary/aromatic N) is 1. The van der Waals surface area contributed by atoms with E-state index in [1.54, 1.807) is 8.52 Å². The molecule has 5 heteroatoms. The summed E-state index contributed by atoms with van der Waals surface area (Å²) in [7, 11) is 2.24. The van der Waals surface area contributed by atoms with Crippen LogP contribution in [0.4, 0.5) is 0 Å². The van der Waals surface area contributed by atoms with E-state index >= 15 is 0 Å². The van der Waals surface area contributed by atoms with Crippen LogP contribution in [0.1, 0.15) is 74.6 Å². The summed E-state index contributed by atoms with van der Waals surface area (Å²) in [6.45, 7) is 8.86. The molecule has 18 aromatic carbocycles. The van der Waals surface area contributed by atoms with Gasteiger partial charge in [0.2, 0.25) is 0 Å². The van der Waals surface area contributed by atoms with Crippen molar-refractivity contribution in [2.45, 2.75) is 79.1 Å². The van der Waals surface area contributed by atoms with Gasteiger partial charge in [-0.2, -0.15) is 0 Å². The Bertz CT molecular complexity index is 7250. The van der Waals surface area contributed by atoms with Crippen LogP contribution in [-0.2, 0) is 19.9 Å². The SMILES string of the molecule is CCCCCc1ccc2c(ccc3c4ccc5cc(CCCCC)ccc5c4n(C)c23)c1.Cc1ccc2c(ccc3c4ccc5cc(C)ccc5c4sc23)c1.c1cc(-c2cccc(-c3cccc4c3[se]c3ccccc34)c2)cc(-c2cccc3c2[se]c2ccccc23)c1.c1ccc2c(c1)ccc1c3ccc4ccccc4c3[se]c21. The topological polar surface area (TPSA) is 4.93 Å². The third-order valence-electron chi connectivity index (χ3n) is 23.7. The van der Waals surface area contributed by atoms with Gasteiger partial charge in [0.15, 0.2) is 0 Å². The van der Waals surface area contributed by atoms with Crippen LogP contribution >= 0.6 is 11.3 Å². The summed E-state index contributed by atoms with van der Waals surface area (Å²) in [4.78, 5) is 0. The Labute approximate surface area is 687 Å². The zero-order valence-corrected chi connectivity index (χ0v) is 70.9. The van der Waals surface area contributed by atoms with Crippen LogP contribution in [-0.4, -0.2) is 48.1 Å². The van der Waals surface area contributed by atoms with Crippen molar-refractivity contribution in [3.63, 3.8) is 0 Å². The first-order valence-electron chi connectivity index (χ1n) is 40.5. The Morgan fingerprint density at radius 1 is 0.254 bits per heavy atom. The molecule has 23 rings (SSSR count). The van der Waals surface area contributed by atoms with E-state index in [-0.39, 0.29) is 0 Å². The summed E-state index contributed by atoms with van der Waals surface area (Å²) in [5.41, 5.74) is 16.2. The van der Waals surface area contributed by atoms with E-state index in [9.17, 15) is 0 Å². The summed E-state index contributed by atoms with van der Waals surface area (Å²) >= 11 is 3.01. The number of aromatic nitrogens is 1. The van der Waals surface area contributed by atoms with Gasteiger partial charge in [0.05, 0.1) is 11.0 Å². The van der Waals surface area contributed by atoms with Crippen LogP contribution in [0.2, 0.25) is 0 Å². The monoisotopic (exact) mass is 1680 g/mol. The molecule has 0 unspecified atom stereocenters. The van der Waals surface area contributed by atoms with Gasteiger partial charge in [-0.3, -0.25) is 0 Å². The molecule has 550 valence electrons. The number of aryl methyl sites for hydroxylation is 5. The second-order valence-electron chi connectivity index (χ2n) is 31.1. The molecule has 0 aliphatic carbocycles. The van der Waals surface area contributed by atoms with E-state index in [0.29, 0.717) is 43.5 Å². The van der Waals surface area contributed by atoms with Crippen molar-refractivity contribution in [1.29, 1.82) is 0 Å². The molecule has 114 heavy (non-hydrogen) atoms. The number of hydrogen-bond acceptors (Lipinski definition) is 1. The first kappa shape index (κ1) is 72.1. The molecule has 0 bridgehead atoms. The van der Waals surface area contributed by atoms with Crippen molar-refractivity contribution < 1.29 is 0 Å². The average Bonchev–Trinajstić information content (AvgIpc) is 1.57. The van der Waals surface area contributed by atoms with Gasteiger partial charge >= 0.3 is 363 Å². The van der Waals surface area contributed by atoms with E-state index in [0.717, 1.165) is 0 Å². The molecule has 0 aliphatic rings. The van der Waals surface area contributed by atoms with Gasteiger partial charge in [-0.05, 0) is 83.0 Å². The van der Waals surface area contributed by atoms with E-state index in [2.05, 4.69) is 367 Å². The molecule has 23 aromatic rings. The molecule has 0 aliphatic heterocycles. The summed E-state index contributed by atoms with van der Waals surface area (Å²) in [6, 6.07) is 122. The standard InChI is InChI=1S/C36H22Se2.C31H35N.C22H16S.C20H12Se/c1-3-19-33-29(13-1)31-17-7-15-27(35(31)37-33)25-11-5-9-23(21-25)24-10-6-12-26(22-24)28-16-8-18-32-30-14-2-4-20-34(30)38-36(28)32;1-4-6-8-10-22-12-16-26-24(20-22)14-18-28-29-19-15-25-21-23(11-9-7-5-2)13-17-27(25)31(29)32(3)30(26)28;1-13-3-7-17-15(11-13)5-9-19-20-10-6-16-12-14(2)4-8-18(16)22(20)23-21(17)19;1-3-7-15-13(5-1)9-11-17-18-12-10-14-6-2-4-8-16(14)20(18)21-19(15)17/h1-22H;12-21H,4-11H2,1-3H3;3-12H,1-2H3;1-12H.